The van der Waals surface area contributed by atoms with E-state index in [1.807, 2.05) is 24.3 Å². The molecule has 2 rings (SSSR count). The van der Waals surface area contributed by atoms with Gasteiger partial charge >= 0.3 is 0 Å². The zero-order chi connectivity index (χ0) is 16.7. The predicted octanol–water partition coefficient (Wildman–Crippen LogP) is 1.85. The second-order valence-corrected chi connectivity index (χ2v) is 6.36. The van der Waals surface area contributed by atoms with Crippen LogP contribution < -0.4 is 10.1 Å². The highest BCUT2D eigenvalue weighted by molar-refractivity contribution is 5.76. The van der Waals surface area contributed by atoms with Crippen molar-refractivity contribution in [1.29, 1.82) is 0 Å². The van der Waals surface area contributed by atoms with E-state index in [0.29, 0.717) is 13.0 Å². The summed E-state index contributed by atoms with van der Waals surface area (Å²) in [5.41, 5.74) is 1.17. The summed E-state index contributed by atoms with van der Waals surface area (Å²) in [5, 5.41) is 3.11. The number of likely N-dealkylation sites (N-methyl/N-ethyl adjacent to an activating group) is 1. The molecule has 1 saturated heterocycles. The molecule has 1 N–H and O–H groups in total. The number of aryl methyl sites for hydroxylation is 1. The Hall–Kier alpha value is -1.59. The third kappa shape index (κ3) is 4.94. The van der Waals surface area contributed by atoms with Crippen LogP contribution in [0.3, 0.4) is 0 Å². The van der Waals surface area contributed by atoms with E-state index in [4.69, 9.17) is 9.47 Å². The number of rotatable bonds is 7. The quantitative estimate of drug-likeness (QED) is 0.833. The maximum atomic E-state index is 12.2. The Balaban J connectivity index is 1.79. The van der Waals surface area contributed by atoms with E-state index in [2.05, 4.69) is 24.3 Å². The molecule has 1 amide bonds. The molecule has 1 aromatic rings. The number of amides is 1. The van der Waals surface area contributed by atoms with Crippen LogP contribution in [0.5, 0.6) is 5.75 Å². The SMILES string of the molecule is COc1ccc(CCC(=O)NCC2(N(C)C)CCOCC2)cc1. The molecule has 0 saturated carbocycles. The highest BCUT2D eigenvalue weighted by Gasteiger charge is 2.34. The van der Waals surface area contributed by atoms with Gasteiger partial charge in [-0.3, -0.25) is 4.79 Å². The molecule has 0 bridgehead atoms. The van der Waals surface area contributed by atoms with Crippen LogP contribution in [0, 0.1) is 0 Å². The molecule has 1 heterocycles. The van der Waals surface area contributed by atoms with Crippen molar-refractivity contribution in [3.8, 4) is 5.75 Å². The lowest BCUT2D eigenvalue weighted by atomic mass is 9.88. The normalized spacial score (nSPS) is 17.0. The van der Waals surface area contributed by atoms with Gasteiger partial charge in [-0.05, 0) is 51.1 Å². The van der Waals surface area contributed by atoms with Crippen LogP contribution in [0.1, 0.15) is 24.8 Å². The summed E-state index contributed by atoms with van der Waals surface area (Å²) >= 11 is 0. The lowest BCUT2D eigenvalue weighted by Crippen LogP contribution is -2.55. The Morgan fingerprint density at radius 3 is 2.48 bits per heavy atom. The van der Waals surface area contributed by atoms with Gasteiger partial charge < -0.3 is 19.7 Å². The van der Waals surface area contributed by atoms with Crippen molar-refractivity contribution in [2.24, 2.45) is 0 Å². The van der Waals surface area contributed by atoms with Crippen LogP contribution in [-0.2, 0) is 16.0 Å². The van der Waals surface area contributed by atoms with Crippen LogP contribution in [0.2, 0.25) is 0 Å². The smallest absolute Gasteiger partial charge is 0.220 e. The van der Waals surface area contributed by atoms with Crippen LogP contribution in [-0.4, -0.2) is 57.3 Å². The number of carbonyl (C=O) groups is 1. The predicted molar refractivity (Wildman–Crippen MR) is 90.8 cm³/mol. The molecule has 23 heavy (non-hydrogen) atoms. The highest BCUT2D eigenvalue weighted by Crippen LogP contribution is 2.25. The van der Waals surface area contributed by atoms with Crippen molar-refractivity contribution in [3.05, 3.63) is 29.8 Å². The second-order valence-electron chi connectivity index (χ2n) is 6.36. The summed E-state index contributed by atoms with van der Waals surface area (Å²) in [6.07, 6.45) is 3.16. The fourth-order valence-electron chi connectivity index (χ4n) is 2.94. The van der Waals surface area contributed by atoms with E-state index >= 15 is 0 Å². The van der Waals surface area contributed by atoms with Gasteiger partial charge in [0.05, 0.1) is 7.11 Å². The Bertz CT molecular complexity index is 493. The number of ether oxygens (including phenoxy) is 2. The van der Waals surface area contributed by atoms with Crippen LogP contribution in [0.25, 0.3) is 0 Å². The Morgan fingerprint density at radius 1 is 1.26 bits per heavy atom. The standard InChI is InChI=1S/C18H28N2O3/c1-20(2)18(10-12-23-13-11-18)14-19-17(21)9-6-15-4-7-16(22-3)8-5-15/h4-5,7-8H,6,9-14H2,1-3H3,(H,19,21). The van der Waals surface area contributed by atoms with Crippen molar-refractivity contribution < 1.29 is 14.3 Å². The lowest BCUT2D eigenvalue weighted by Gasteiger charge is -2.42. The summed E-state index contributed by atoms with van der Waals surface area (Å²) in [6.45, 7) is 2.21. The molecule has 5 heteroatoms. The lowest BCUT2D eigenvalue weighted by molar-refractivity contribution is -0.122. The molecule has 0 aromatic heterocycles. The zero-order valence-corrected chi connectivity index (χ0v) is 14.4. The largest absolute Gasteiger partial charge is 0.497 e. The molecule has 0 radical (unpaired) electrons. The molecule has 1 fully saturated rings. The summed E-state index contributed by atoms with van der Waals surface area (Å²) in [5.74, 6) is 0.944. The number of carbonyl (C=O) groups excluding carboxylic acids is 1. The van der Waals surface area contributed by atoms with Gasteiger partial charge in [-0.15, -0.1) is 0 Å². The Morgan fingerprint density at radius 2 is 1.91 bits per heavy atom. The topological polar surface area (TPSA) is 50.8 Å². The van der Waals surface area contributed by atoms with Gasteiger partial charge in [0.2, 0.25) is 5.91 Å². The van der Waals surface area contributed by atoms with Crippen molar-refractivity contribution in [2.45, 2.75) is 31.2 Å². The molecule has 1 aliphatic heterocycles. The first-order valence-electron chi connectivity index (χ1n) is 8.20. The van der Waals surface area contributed by atoms with E-state index in [9.17, 15) is 4.79 Å². The van der Waals surface area contributed by atoms with Crippen molar-refractivity contribution in [2.75, 3.05) is 41.0 Å². The third-order valence-electron chi connectivity index (χ3n) is 4.79. The minimum absolute atomic E-state index is 0.0218. The van der Waals surface area contributed by atoms with E-state index in [1.165, 1.54) is 0 Å². The molecule has 0 unspecified atom stereocenters. The van der Waals surface area contributed by atoms with Crippen LogP contribution in [0.4, 0.5) is 0 Å². The van der Waals surface area contributed by atoms with Crippen LogP contribution in [0.15, 0.2) is 24.3 Å². The van der Waals surface area contributed by atoms with E-state index in [-0.39, 0.29) is 11.4 Å². The second kappa shape index (κ2) is 8.31. The van der Waals surface area contributed by atoms with Gasteiger partial charge in [-0.2, -0.15) is 0 Å². The first-order chi connectivity index (χ1) is 11.1. The third-order valence-corrected chi connectivity index (χ3v) is 4.79. The number of nitrogens with one attached hydrogen (secondary N) is 1. The van der Waals surface area contributed by atoms with E-state index < -0.39 is 0 Å². The molecular formula is C18H28N2O3. The summed E-state index contributed by atoms with van der Waals surface area (Å²) in [6, 6.07) is 7.87. The van der Waals surface area contributed by atoms with E-state index in [1.54, 1.807) is 7.11 Å². The number of hydrogen-bond acceptors (Lipinski definition) is 4. The van der Waals surface area contributed by atoms with Gasteiger partial charge in [0.25, 0.3) is 0 Å². The van der Waals surface area contributed by atoms with Gasteiger partial charge in [0.15, 0.2) is 0 Å². The number of nitrogens with zero attached hydrogens (tertiary/aromatic N) is 1. The van der Waals surface area contributed by atoms with E-state index in [0.717, 1.165) is 43.8 Å². The maximum absolute atomic E-state index is 12.2. The number of benzene rings is 1. The molecule has 1 aliphatic rings. The zero-order valence-electron chi connectivity index (χ0n) is 14.4. The average Bonchev–Trinajstić information content (AvgIpc) is 2.59. The molecule has 5 nitrogen and oxygen atoms in total. The minimum Gasteiger partial charge on any atom is -0.497 e. The first kappa shape index (κ1) is 17.8. The van der Waals surface area contributed by atoms with Crippen molar-refractivity contribution >= 4 is 5.91 Å². The van der Waals surface area contributed by atoms with Gasteiger partial charge in [-0.1, -0.05) is 12.1 Å². The average molecular weight is 320 g/mol. The summed E-state index contributed by atoms with van der Waals surface area (Å²) < 4.78 is 10.6. The number of methoxy groups -OCH3 is 1. The summed E-state index contributed by atoms with van der Waals surface area (Å²) in [7, 11) is 5.81. The van der Waals surface area contributed by atoms with Crippen molar-refractivity contribution in [1.82, 2.24) is 10.2 Å². The molecule has 0 spiro atoms. The molecular weight excluding hydrogens is 292 g/mol. The highest BCUT2D eigenvalue weighted by atomic mass is 16.5. The van der Waals surface area contributed by atoms with Crippen molar-refractivity contribution in [3.63, 3.8) is 0 Å². The molecule has 1 aromatic carbocycles. The van der Waals surface area contributed by atoms with Crippen LogP contribution >= 0.6 is 0 Å². The molecule has 0 aliphatic carbocycles. The Labute approximate surface area is 139 Å². The monoisotopic (exact) mass is 320 g/mol. The minimum atomic E-state index is 0.0218. The van der Waals surface area contributed by atoms with Gasteiger partial charge in [0.1, 0.15) is 5.75 Å². The molecule has 128 valence electrons. The first-order valence-corrected chi connectivity index (χ1v) is 8.20. The maximum Gasteiger partial charge on any atom is 0.220 e. The van der Waals surface area contributed by atoms with Gasteiger partial charge in [0, 0.05) is 31.7 Å². The fourth-order valence-corrected chi connectivity index (χ4v) is 2.94. The van der Waals surface area contributed by atoms with Gasteiger partial charge in [-0.25, -0.2) is 0 Å². The summed E-state index contributed by atoms with van der Waals surface area (Å²) in [4.78, 5) is 14.4. The molecule has 0 atom stereocenters. The Kier molecular flexibility index (Phi) is 6.42. The fraction of sp³-hybridized carbons (Fsp3) is 0.611. The number of hydrogen-bond donors (Lipinski definition) is 1.